The minimum atomic E-state index is -1.22. The van der Waals surface area contributed by atoms with Gasteiger partial charge >= 0.3 is 5.97 Å². The van der Waals surface area contributed by atoms with Crippen LogP contribution in [-0.4, -0.2) is 63.1 Å². The van der Waals surface area contributed by atoms with Crippen LogP contribution in [0.4, 0.5) is 0 Å². The van der Waals surface area contributed by atoms with Crippen molar-refractivity contribution in [1.29, 1.82) is 0 Å². The van der Waals surface area contributed by atoms with Gasteiger partial charge in [-0.3, -0.25) is 19.2 Å². The first-order chi connectivity index (χ1) is 20.6. The summed E-state index contributed by atoms with van der Waals surface area (Å²) in [6.45, 7) is 1.33. The number of aromatic hydroxyl groups is 1. The highest BCUT2D eigenvalue weighted by atomic mass is 16.4. The monoisotopic (exact) mass is 585 g/mol. The Hall–Kier alpha value is -5.16. The van der Waals surface area contributed by atoms with Crippen molar-refractivity contribution < 1.29 is 29.4 Å². The molecule has 4 aromatic rings. The number of benzene rings is 3. The number of phenols is 1. The number of carbonyl (C=O) groups excluding carboxylic acids is 3. The zero-order valence-corrected chi connectivity index (χ0v) is 23.6. The van der Waals surface area contributed by atoms with E-state index in [1.807, 2.05) is 30.3 Å². The Morgan fingerprint density at radius 1 is 0.744 bits per heavy atom. The molecule has 0 aliphatic heterocycles. The van der Waals surface area contributed by atoms with Crippen LogP contribution in [0.15, 0.2) is 85.1 Å². The van der Waals surface area contributed by atoms with Crippen molar-refractivity contribution in [2.75, 3.05) is 0 Å². The summed E-state index contributed by atoms with van der Waals surface area (Å²) in [7, 11) is 0. The summed E-state index contributed by atoms with van der Waals surface area (Å²) in [5.41, 5.74) is 9.31. The van der Waals surface area contributed by atoms with Crippen molar-refractivity contribution >= 4 is 34.6 Å². The highest BCUT2D eigenvalue weighted by molar-refractivity contribution is 5.95. The van der Waals surface area contributed by atoms with Crippen molar-refractivity contribution in [1.82, 2.24) is 20.9 Å². The minimum Gasteiger partial charge on any atom is -0.508 e. The molecule has 4 rings (SSSR count). The third-order valence-corrected chi connectivity index (χ3v) is 7.11. The second-order valence-electron chi connectivity index (χ2n) is 10.4. The highest BCUT2D eigenvalue weighted by Gasteiger charge is 2.30. The number of para-hydroxylation sites is 1. The third-order valence-electron chi connectivity index (χ3n) is 7.11. The standard InChI is InChI=1S/C32H35N5O6/c1-19(32(42)43)35-30(40)27(16-20-7-3-2-4-8-20)37-31(41)28(17-22-18-34-26-10-6-5-9-24(22)26)36-29(39)25(33)15-21-11-13-23(38)14-12-21/h2-14,18-19,25,27-28,34,38H,15-17,33H2,1H3,(H,35,40)(H,36,39)(H,37,41)(H,42,43). The number of hydrogen-bond donors (Lipinski definition) is 7. The van der Waals surface area contributed by atoms with Crippen molar-refractivity contribution in [2.45, 2.75) is 50.4 Å². The van der Waals surface area contributed by atoms with Gasteiger partial charge in [0.05, 0.1) is 6.04 Å². The molecule has 0 aliphatic carbocycles. The van der Waals surface area contributed by atoms with E-state index in [4.69, 9.17) is 5.73 Å². The van der Waals surface area contributed by atoms with Crippen LogP contribution in [-0.2, 0) is 38.4 Å². The van der Waals surface area contributed by atoms with Gasteiger partial charge in [-0.25, -0.2) is 0 Å². The van der Waals surface area contributed by atoms with E-state index in [-0.39, 0.29) is 25.0 Å². The van der Waals surface area contributed by atoms with Crippen LogP contribution in [0.2, 0.25) is 0 Å². The largest absolute Gasteiger partial charge is 0.508 e. The minimum absolute atomic E-state index is 0.0871. The average Bonchev–Trinajstić information content (AvgIpc) is 3.40. The lowest BCUT2D eigenvalue weighted by Crippen LogP contribution is -2.58. The van der Waals surface area contributed by atoms with Crippen LogP contribution in [0.3, 0.4) is 0 Å². The SMILES string of the molecule is CC(NC(=O)C(Cc1ccccc1)NC(=O)C(Cc1c[nH]c2ccccc12)NC(=O)C(N)Cc1ccc(O)cc1)C(=O)O. The van der Waals surface area contributed by atoms with Gasteiger partial charge in [-0.15, -0.1) is 0 Å². The molecule has 224 valence electrons. The number of carboxylic acids is 1. The molecule has 1 heterocycles. The van der Waals surface area contributed by atoms with Gasteiger partial charge in [-0.1, -0.05) is 60.7 Å². The molecule has 3 amide bonds. The quantitative estimate of drug-likeness (QED) is 0.125. The van der Waals surface area contributed by atoms with E-state index >= 15 is 0 Å². The van der Waals surface area contributed by atoms with Crippen LogP contribution in [0, 0.1) is 0 Å². The number of nitrogens with two attached hydrogens (primary N) is 1. The molecule has 3 aromatic carbocycles. The molecule has 0 spiro atoms. The van der Waals surface area contributed by atoms with E-state index in [1.54, 1.807) is 42.6 Å². The Morgan fingerprint density at radius 3 is 2.02 bits per heavy atom. The summed E-state index contributed by atoms with van der Waals surface area (Å²) < 4.78 is 0. The maximum atomic E-state index is 13.8. The van der Waals surface area contributed by atoms with Crippen molar-refractivity contribution in [2.24, 2.45) is 5.73 Å². The fourth-order valence-corrected chi connectivity index (χ4v) is 4.69. The first-order valence-electron chi connectivity index (χ1n) is 13.9. The van der Waals surface area contributed by atoms with Gasteiger partial charge in [0.15, 0.2) is 0 Å². The van der Waals surface area contributed by atoms with Crippen molar-refractivity contribution in [3.63, 3.8) is 0 Å². The van der Waals surface area contributed by atoms with Crippen molar-refractivity contribution in [3.05, 3.63) is 102 Å². The number of phenolic OH excluding ortho intramolecular Hbond substituents is 1. The van der Waals surface area contributed by atoms with Crippen LogP contribution < -0.4 is 21.7 Å². The molecule has 0 radical (unpaired) electrons. The average molecular weight is 586 g/mol. The Labute approximate surface area is 248 Å². The number of carboxylic acid groups (broad SMARTS) is 1. The molecule has 0 saturated carbocycles. The van der Waals surface area contributed by atoms with Gasteiger partial charge in [0.2, 0.25) is 17.7 Å². The Kier molecular flexibility index (Phi) is 10.1. The predicted molar refractivity (Wildman–Crippen MR) is 161 cm³/mol. The number of aromatic nitrogens is 1. The topological polar surface area (TPSA) is 187 Å². The number of nitrogens with one attached hydrogen (secondary N) is 4. The molecule has 0 aliphatic rings. The van der Waals surface area contributed by atoms with Gasteiger partial charge in [0.1, 0.15) is 23.9 Å². The van der Waals surface area contributed by atoms with Gasteiger partial charge in [-0.2, -0.15) is 0 Å². The normalized spacial score (nSPS) is 13.8. The molecule has 43 heavy (non-hydrogen) atoms. The summed E-state index contributed by atoms with van der Waals surface area (Å²) in [4.78, 5) is 54.7. The maximum absolute atomic E-state index is 13.8. The first-order valence-corrected chi connectivity index (χ1v) is 13.9. The summed E-state index contributed by atoms with van der Waals surface area (Å²) >= 11 is 0. The van der Waals surface area contributed by atoms with Gasteiger partial charge < -0.3 is 36.9 Å². The van der Waals surface area contributed by atoms with Crippen LogP contribution >= 0.6 is 0 Å². The molecule has 8 N–H and O–H groups in total. The number of H-pyrrole nitrogens is 1. The van der Waals surface area contributed by atoms with Crippen LogP contribution in [0.5, 0.6) is 5.75 Å². The number of carbonyl (C=O) groups is 4. The van der Waals surface area contributed by atoms with E-state index in [0.29, 0.717) is 0 Å². The van der Waals surface area contributed by atoms with E-state index in [0.717, 1.165) is 27.6 Å². The number of fused-ring (bicyclic) bond motifs is 1. The summed E-state index contributed by atoms with van der Waals surface area (Å²) in [5, 5.41) is 27.6. The zero-order chi connectivity index (χ0) is 30.9. The van der Waals surface area contributed by atoms with Gasteiger partial charge in [-0.05, 0) is 48.2 Å². The lowest BCUT2D eigenvalue weighted by atomic mass is 10.0. The molecular weight excluding hydrogens is 550 g/mol. The molecule has 4 unspecified atom stereocenters. The zero-order valence-electron chi connectivity index (χ0n) is 23.6. The number of rotatable bonds is 13. The lowest BCUT2D eigenvalue weighted by molar-refractivity contribution is -0.141. The molecule has 0 saturated heterocycles. The van der Waals surface area contributed by atoms with E-state index in [2.05, 4.69) is 20.9 Å². The highest BCUT2D eigenvalue weighted by Crippen LogP contribution is 2.20. The van der Waals surface area contributed by atoms with Gasteiger partial charge in [0.25, 0.3) is 0 Å². The number of aromatic amines is 1. The van der Waals surface area contributed by atoms with Crippen LogP contribution in [0.1, 0.15) is 23.6 Å². The Bertz CT molecular complexity index is 1570. The van der Waals surface area contributed by atoms with Crippen LogP contribution in [0.25, 0.3) is 10.9 Å². The fraction of sp³-hybridized carbons (Fsp3) is 0.250. The fourth-order valence-electron chi connectivity index (χ4n) is 4.69. The second kappa shape index (κ2) is 14.1. The second-order valence-corrected chi connectivity index (χ2v) is 10.4. The number of aliphatic carboxylic acids is 1. The Morgan fingerprint density at radius 2 is 1.33 bits per heavy atom. The van der Waals surface area contributed by atoms with E-state index in [9.17, 15) is 29.4 Å². The molecule has 11 nitrogen and oxygen atoms in total. The molecule has 0 fully saturated rings. The number of amides is 3. The molecule has 11 heteroatoms. The molecule has 1 aromatic heterocycles. The molecule has 0 bridgehead atoms. The summed E-state index contributed by atoms with van der Waals surface area (Å²) in [6, 6.07) is 18.4. The lowest BCUT2D eigenvalue weighted by Gasteiger charge is -2.25. The van der Waals surface area contributed by atoms with E-state index < -0.39 is 47.9 Å². The third kappa shape index (κ3) is 8.43. The van der Waals surface area contributed by atoms with E-state index in [1.165, 1.54) is 19.1 Å². The number of hydrogen-bond acceptors (Lipinski definition) is 6. The smallest absolute Gasteiger partial charge is 0.325 e. The predicted octanol–water partition coefficient (Wildman–Crippen LogP) is 1.79. The van der Waals surface area contributed by atoms with Crippen molar-refractivity contribution in [3.8, 4) is 5.75 Å². The first kappa shape index (κ1) is 30.8. The summed E-state index contributed by atoms with van der Waals surface area (Å²) in [5.74, 6) is -3.01. The Balaban J connectivity index is 1.57. The molecule has 4 atom stereocenters. The molecular formula is C32H35N5O6. The summed E-state index contributed by atoms with van der Waals surface area (Å²) in [6.07, 6.45) is 2.12. The maximum Gasteiger partial charge on any atom is 0.325 e. The van der Waals surface area contributed by atoms with Gasteiger partial charge in [0, 0.05) is 29.9 Å².